The first-order valence-corrected chi connectivity index (χ1v) is 8.17. The number of ether oxygens (including phenoxy) is 2. The number of nitrogens with one attached hydrogen (secondary N) is 2. The van der Waals surface area contributed by atoms with E-state index in [0.717, 1.165) is 10.2 Å². The lowest BCUT2D eigenvalue weighted by molar-refractivity contribution is -0.122. The molecule has 0 fully saturated rings. The van der Waals surface area contributed by atoms with E-state index < -0.39 is 12.2 Å². The van der Waals surface area contributed by atoms with Crippen LogP contribution in [0.25, 0.3) is 0 Å². The number of carbonyl (C=O) groups excluding carboxylic acids is 2. The molecule has 1 aliphatic heterocycles. The number of fused-ring (bicyclic) bond motifs is 1. The van der Waals surface area contributed by atoms with E-state index in [-0.39, 0.29) is 12.5 Å². The average molecular weight is 391 g/mol. The van der Waals surface area contributed by atoms with Crippen molar-refractivity contribution in [2.45, 2.75) is 13.2 Å². The Labute approximate surface area is 147 Å². The Balaban J connectivity index is 1.76. The third kappa shape index (κ3) is 3.51. The molecule has 0 saturated heterocycles. The maximum atomic E-state index is 12.2. The van der Waals surface area contributed by atoms with Crippen LogP contribution in [0.2, 0.25) is 0 Å². The van der Waals surface area contributed by atoms with Crippen molar-refractivity contribution in [1.82, 2.24) is 0 Å². The number of rotatable bonds is 4. The summed E-state index contributed by atoms with van der Waals surface area (Å²) in [7, 11) is 0. The summed E-state index contributed by atoms with van der Waals surface area (Å²) in [6, 6.07) is 12.2. The molecule has 0 aromatic heterocycles. The third-order valence-electron chi connectivity index (χ3n) is 3.37. The zero-order valence-corrected chi connectivity index (χ0v) is 14.4. The highest BCUT2D eigenvalue weighted by molar-refractivity contribution is 9.10. The maximum Gasteiger partial charge on any atom is 0.338 e. The average Bonchev–Trinajstić information content (AvgIpc) is 2.57. The molecule has 0 saturated carbocycles. The fourth-order valence-corrected chi connectivity index (χ4v) is 2.51. The molecule has 2 N–H and O–H groups in total. The number of hydrogen-bond donors (Lipinski definition) is 2. The highest BCUT2D eigenvalue weighted by Crippen LogP contribution is 2.31. The van der Waals surface area contributed by atoms with Gasteiger partial charge in [-0.05, 0) is 49.4 Å². The van der Waals surface area contributed by atoms with Crippen molar-refractivity contribution in [3.63, 3.8) is 0 Å². The van der Waals surface area contributed by atoms with Gasteiger partial charge in [0.2, 0.25) is 6.23 Å². The second-order valence-electron chi connectivity index (χ2n) is 5.07. The van der Waals surface area contributed by atoms with E-state index >= 15 is 0 Å². The summed E-state index contributed by atoms with van der Waals surface area (Å²) in [4.78, 5) is 24.0. The van der Waals surface area contributed by atoms with Gasteiger partial charge in [-0.3, -0.25) is 4.79 Å². The van der Waals surface area contributed by atoms with Gasteiger partial charge < -0.3 is 20.1 Å². The first kappa shape index (κ1) is 16.3. The van der Waals surface area contributed by atoms with Gasteiger partial charge in [-0.1, -0.05) is 15.9 Å². The molecule has 2 aromatic rings. The SMILES string of the molecule is CCOC(=O)c1ccc2c(c1)NC(=O)C(Nc1ccc(Br)cc1)O2. The van der Waals surface area contributed by atoms with E-state index in [0.29, 0.717) is 17.0 Å². The lowest BCUT2D eigenvalue weighted by Crippen LogP contribution is -2.42. The maximum absolute atomic E-state index is 12.2. The van der Waals surface area contributed by atoms with Crippen molar-refractivity contribution in [3.05, 3.63) is 52.5 Å². The number of benzene rings is 2. The van der Waals surface area contributed by atoms with Crippen molar-refractivity contribution >= 4 is 39.2 Å². The van der Waals surface area contributed by atoms with E-state index in [1.54, 1.807) is 25.1 Å². The van der Waals surface area contributed by atoms with Crippen LogP contribution >= 0.6 is 15.9 Å². The molecule has 0 bridgehead atoms. The minimum atomic E-state index is -0.855. The number of esters is 1. The standard InChI is InChI=1S/C17H15BrN2O4/c1-2-23-17(22)10-3-8-14-13(9-10)20-15(21)16(24-14)19-12-6-4-11(18)5-7-12/h3-9,16,19H,2H2,1H3,(H,20,21). The molecule has 1 unspecified atom stereocenters. The van der Waals surface area contributed by atoms with Gasteiger partial charge in [0.1, 0.15) is 5.75 Å². The van der Waals surface area contributed by atoms with E-state index in [1.165, 1.54) is 0 Å². The van der Waals surface area contributed by atoms with E-state index in [4.69, 9.17) is 9.47 Å². The molecular weight excluding hydrogens is 376 g/mol. The summed E-state index contributed by atoms with van der Waals surface area (Å²) in [5.41, 5.74) is 1.56. The second kappa shape index (κ2) is 6.92. The highest BCUT2D eigenvalue weighted by atomic mass is 79.9. The molecule has 6 nitrogen and oxygen atoms in total. The van der Waals surface area contributed by atoms with Crippen LogP contribution in [0.1, 0.15) is 17.3 Å². The number of amides is 1. The van der Waals surface area contributed by atoms with E-state index in [9.17, 15) is 9.59 Å². The number of anilines is 2. The fraction of sp³-hybridized carbons (Fsp3) is 0.176. The van der Waals surface area contributed by atoms with Gasteiger partial charge in [-0.25, -0.2) is 4.79 Å². The largest absolute Gasteiger partial charge is 0.462 e. The Kier molecular flexibility index (Phi) is 4.71. The van der Waals surface area contributed by atoms with Crippen molar-refractivity contribution in [1.29, 1.82) is 0 Å². The van der Waals surface area contributed by atoms with Crippen LogP contribution in [-0.2, 0) is 9.53 Å². The zero-order chi connectivity index (χ0) is 17.1. The van der Waals surface area contributed by atoms with Gasteiger partial charge in [0.25, 0.3) is 5.91 Å². The lowest BCUT2D eigenvalue weighted by atomic mass is 10.1. The topological polar surface area (TPSA) is 76.7 Å². The Hall–Kier alpha value is -2.54. The first-order valence-electron chi connectivity index (χ1n) is 7.37. The van der Waals surface area contributed by atoms with Crippen LogP contribution in [-0.4, -0.2) is 24.7 Å². The van der Waals surface area contributed by atoms with Gasteiger partial charge in [-0.15, -0.1) is 0 Å². The lowest BCUT2D eigenvalue weighted by Gasteiger charge is -2.27. The fourth-order valence-electron chi connectivity index (χ4n) is 2.24. The normalized spacial score (nSPS) is 15.8. The predicted octanol–water partition coefficient (Wildman–Crippen LogP) is 3.39. The monoisotopic (exact) mass is 390 g/mol. The van der Waals surface area contributed by atoms with Gasteiger partial charge in [0.05, 0.1) is 17.9 Å². The molecule has 2 aromatic carbocycles. The van der Waals surface area contributed by atoms with Gasteiger partial charge >= 0.3 is 5.97 Å². The molecule has 3 rings (SSSR count). The van der Waals surface area contributed by atoms with Gasteiger partial charge in [0, 0.05) is 10.2 Å². The zero-order valence-electron chi connectivity index (χ0n) is 12.8. The van der Waals surface area contributed by atoms with Gasteiger partial charge in [-0.2, -0.15) is 0 Å². The minimum Gasteiger partial charge on any atom is -0.462 e. The van der Waals surface area contributed by atoms with Crippen LogP contribution in [0.15, 0.2) is 46.9 Å². The van der Waals surface area contributed by atoms with Gasteiger partial charge in [0.15, 0.2) is 0 Å². The Morgan fingerprint density at radius 1 is 1.29 bits per heavy atom. The molecule has 1 heterocycles. The molecule has 124 valence electrons. The van der Waals surface area contributed by atoms with Crippen LogP contribution in [0.5, 0.6) is 5.75 Å². The second-order valence-corrected chi connectivity index (χ2v) is 5.99. The summed E-state index contributed by atoms with van der Waals surface area (Å²) in [5, 5.41) is 5.75. The predicted molar refractivity (Wildman–Crippen MR) is 93.2 cm³/mol. The summed E-state index contributed by atoms with van der Waals surface area (Å²) >= 11 is 3.36. The Bertz CT molecular complexity index is 777. The molecule has 24 heavy (non-hydrogen) atoms. The van der Waals surface area contributed by atoms with E-state index in [2.05, 4.69) is 26.6 Å². The molecule has 1 atom stereocenters. The summed E-state index contributed by atoms with van der Waals surface area (Å²) in [5.74, 6) is -0.298. The molecule has 7 heteroatoms. The van der Waals surface area contributed by atoms with Crippen LogP contribution in [0.3, 0.4) is 0 Å². The molecule has 1 amide bonds. The van der Waals surface area contributed by atoms with Crippen LogP contribution < -0.4 is 15.4 Å². The number of hydrogen-bond acceptors (Lipinski definition) is 5. The van der Waals surface area contributed by atoms with Crippen molar-refractivity contribution in [2.24, 2.45) is 0 Å². The van der Waals surface area contributed by atoms with Crippen molar-refractivity contribution < 1.29 is 19.1 Å². The summed E-state index contributed by atoms with van der Waals surface area (Å²) < 4.78 is 11.6. The Morgan fingerprint density at radius 3 is 2.75 bits per heavy atom. The van der Waals surface area contributed by atoms with E-state index in [1.807, 2.05) is 24.3 Å². The molecule has 1 aliphatic rings. The quantitative estimate of drug-likeness (QED) is 0.782. The smallest absolute Gasteiger partial charge is 0.338 e. The van der Waals surface area contributed by atoms with Crippen molar-refractivity contribution in [2.75, 3.05) is 17.2 Å². The highest BCUT2D eigenvalue weighted by Gasteiger charge is 2.28. The third-order valence-corrected chi connectivity index (χ3v) is 3.90. The number of carbonyl (C=O) groups is 2. The molecule has 0 spiro atoms. The van der Waals surface area contributed by atoms with Crippen molar-refractivity contribution in [3.8, 4) is 5.75 Å². The molecule has 0 aliphatic carbocycles. The van der Waals surface area contributed by atoms with Crippen LogP contribution in [0, 0.1) is 0 Å². The van der Waals surface area contributed by atoms with Crippen LogP contribution in [0.4, 0.5) is 11.4 Å². The Morgan fingerprint density at radius 2 is 2.04 bits per heavy atom. The summed E-state index contributed by atoms with van der Waals surface area (Å²) in [6.07, 6.45) is -0.855. The first-order chi connectivity index (χ1) is 11.6. The number of halogens is 1. The summed E-state index contributed by atoms with van der Waals surface area (Å²) in [6.45, 7) is 2.03. The minimum absolute atomic E-state index is 0.290. The molecule has 0 radical (unpaired) electrons. The molecular formula is C17H15BrN2O4.